The van der Waals surface area contributed by atoms with Crippen LogP contribution in [0.25, 0.3) is 0 Å². The van der Waals surface area contributed by atoms with Gasteiger partial charge in [-0.25, -0.2) is 8.78 Å². The summed E-state index contributed by atoms with van der Waals surface area (Å²) in [5.74, 6) is -2.00. The first-order valence-electron chi connectivity index (χ1n) is 7.39. The normalized spacial score (nSPS) is 24.4. The summed E-state index contributed by atoms with van der Waals surface area (Å²) in [5, 5.41) is 2.68. The van der Waals surface area contributed by atoms with Gasteiger partial charge in [0.1, 0.15) is 17.7 Å². The molecular weight excluding hydrogens is 308 g/mol. The summed E-state index contributed by atoms with van der Waals surface area (Å²) in [6, 6.07) is 3.52. The van der Waals surface area contributed by atoms with E-state index in [1.807, 2.05) is 0 Å². The molecule has 5 nitrogen and oxygen atoms in total. The van der Waals surface area contributed by atoms with Gasteiger partial charge in [0, 0.05) is 32.2 Å². The topological polar surface area (TPSA) is 56.8 Å². The van der Waals surface area contributed by atoms with Crippen molar-refractivity contribution in [2.45, 2.75) is 18.6 Å². The van der Waals surface area contributed by atoms with E-state index in [9.17, 15) is 13.6 Å². The van der Waals surface area contributed by atoms with Gasteiger partial charge in [0.05, 0.1) is 25.7 Å². The van der Waals surface area contributed by atoms with Gasteiger partial charge >= 0.3 is 0 Å². The molecule has 1 fully saturated rings. The fraction of sp³-hybridized carbons (Fsp3) is 0.562. The number of amides is 1. The molecule has 1 aliphatic rings. The molecule has 0 spiro atoms. The molecule has 0 aliphatic carbocycles. The Morgan fingerprint density at radius 1 is 1.26 bits per heavy atom. The van der Waals surface area contributed by atoms with E-state index in [2.05, 4.69) is 5.32 Å². The number of hydrogen-bond acceptors (Lipinski definition) is 4. The van der Waals surface area contributed by atoms with Crippen molar-refractivity contribution < 1.29 is 27.8 Å². The molecule has 0 unspecified atom stereocenters. The molecule has 0 radical (unpaired) electrons. The van der Waals surface area contributed by atoms with Gasteiger partial charge in [-0.15, -0.1) is 0 Å². The van der Waals surface area contributed by atoms with Gasteiger partial charge in [0.25, 0.3) is 0 Å². The van der Waals surface area contributed by atoms with Gasteiger partial charge in [-0.3, -0.25) is 4.79 Å². The van der Waals surface area contributed by atoms with Gasteiger partial charge in [0.15, 0.2) is 0 Å². The van der Waals surface area contributed by atoms with E-state index in [4.69, 9.17) is 14.2 Å². The summed E-state index contributed by atoms with van der Waals surface area (Å²) in [6.45, 7) is 1.14. The van der Waals surface area contributed by atoms with Gasteiger partial charge in [-0.1, -0.05) is 6.07 Å². The molecule has 0 saturated carbocycles. The Morgan fingerprint density at radius 3 is 2.57 bits per heavy atom. The first kappa shape index (κ1) is 17.8. The zero-order chi connectivity index (χ0) is 16.8. The van der Waals surface area contributed by atoms with Gasteiger partial charge in [-0.2, -0.15) is 0 Å². The number of methoxy groups -OCH3 is 2. The minimum absolute atomic E-state index is 0.0897. The van der Waals surface area contributed by atoms with Crippen LogP contribution in [-0.2, 0) is 25.4 Å². The summed E-state index contributed by atoms with van der Waals surface area (Å²) in [4.78, 5) is 11.9. The van der Waals surface area contributed by atoms with Crippen molar-refractivity contribution in [2.75, 3.05) is 34.0 Å². The molecule has 7 heteroatoms. The molecule has 3 atom stereocenters. The third-order valence-electron chi connectivity index (χ3n) is 3.98. The lowest BCUT2D eigenvalue weighted by Crippen LogP contribution is -2.50. The van der Waals surface area contributed by atoms with Crippen molar-refractivity contribution in [2.24, 2.45) is 5.92 Å². The lowest BCUT2D eigenvalue weighted by atomic mass is 9.96. The first-order valence-corrected chi connectivity index (χ1v) is 7.39. The van der Waals surface area contributed by atoms with Gasteiger partial charge in [0.2, 0.25) is 5.91 Å². The van der Waals surface area contributed by atoms with Crippen molar-refractivity contribution in [3.8, 4) is 0 Å². The van der Waals surface area contributed by atoms with Crippen molar-refractivity contribution in [1.29, 1.82) is 0 Å². The monoisotopic (exact) mass is 329 g/mol. The second kappa shape index (κ2) is 8.33. The Kier molecular flexibility index (Phi) is 6.44. The molecule has 0 aromatic heterocycles. The van der Waals surface area contributed by atoms with E-state index in [-0.39, 0.29) is 36.7 Å². The Labute approximate surface area is 133 Å². The van der Waals surface area contributed by atoms with Crippen LogP contribution in [0.15, 0.2) is 18.2 Å². The first-order chi connectivity index (χ1) is 11.1. The number of rotatable bonds is 6. The van der Waals surface area contributed by atoms with Crippen LogP contribution in [-0.4, -0.2) is 52.1 Å². The van der Waals surface area contributed by atoms with Crippen LogP contribution in [0.2, 0.25) is 0 Å². The molecule has 1 aromatic carbocycles. The van der Waals surface area contributed by atoms with E-state index in [0.717, 1.165) is 12.1 Å². The highest BCUT2D eigenvalue weighted by Crippen LogP contribution is 2.20. The highest BCUT2D eigenvalue weighted by Gasteiger charge is 2.34. The maximum Gasteiger partial charge on any atom is 0.224 e. The van der Waals surface area contributed by atoms with Crippen LogP contribution >= 0.6 is 0 Å². The van der Waals surface area contributed by atoms with Crippen LogP contribution in [0, 0.1) is 17.6 Å². The van der Waals surface area contributed by atoms with Gasteiger partial charge in [-0.05, 0) is 12.1 Å². The maximum atomic E-state index is 13.5. The molecule has 1 saturated heterocycles. The van der Waals surface area contributed by atoms with E-state index in [1.165, 1.54) is 6.07 Å². The second-order valence-electron chi connectivity index (χ2n) is 5.45. The molecule has 1 heterocycles. The fourth-order valence-corrected chi connectivity index (χ4v) is 2.72. The largest absolute Gasteiger partial charge is 0.378 e. The van der Waals surface area contributed by atoms with Crippen LogP contribution in [0.3, 0.4) is 0 Å². The zero-order valence-electron chi connectivity index (χ0n) is 13.2. The number of ether oxygens (including phenoxy) is 3. The minimum Gasteiger partial charge on any atom is -0.378 e. The predicted molar refractivity (Wildman–Crippen MR) is 79.0 cm³/mol. The SMILES string of the molecule is CO[C@H]1[C@H](CNC(=O)Cc2c(F)cccc2F)COC[C@H]1OC. The van der Waals surface area contributed by atoms with E-state index in [0.29, 0.717) is 13.2 Å². The van der Waals surface area contributed by atoms with E-state index >= 15 is 0 Å². The van der Waals surface area contributed by atoms with Crippen LogP contribution < -0.4 is 5.32 Å². The number of nitrogens with one attached hydrogen (secondary N) is 1. The molecule has 1 aromatic rings. The minimum atomic E-state index is -0.727. The summed E-state index contributed by atoms with van der Waals surface area (Å²) < 4.78 is 43.2. The number of hydrogen-bond donors (Lipinski definition) is 1. The number of halogens is 2. The Morgan fingerprint density at radius 2 is 1.96 bits per heavy atom. The number of carbonyl (C=O) groups is 1. The third kappa shape index (κ3) is 4.46. The second-order valence-corrected chi connectivity index (χ2v) is 5.45. The van der Waals surface area contributed by atoms with E-state index < -0.39 is 17.5 Å². The Bertz CT molecular complexity index is 521. The molecule has 0 bridgehead atoms. The summed E-state index contributed by atoms with van der Waals surface area (Å²) in [5.41, 5.74) is -0.233. The summed E-state index contributed by atoms with van der Waals surface area (Å²) in [6.07, 6.45) is -0.767. The Hall–Kier alpha value is -1.57. The van der Waals surface area contributed by atoms with Gasteiger partial charge < -0.3 is 19.5 Å². The van der Waals surface area contributed by atoms with Crippen molar-refractivity contribution in [3.63, 3.8) is 0 Å². The number of carbonyl (C=O) groups excluding carboxylic acids is 1. The molecular formula is C16H21F2NO4. The summed E-state index contributed by atoms with van der Waals surface area (Å²) in [7, 11) is 3.15. The molecule has 1 N–H and O–H groups in total. The highest BCUT2D eigenvalue weighted by atomic mass is 19.1. The molecule has 1 amide bonds. The van der Waals surface area contributed by atoms with Crippen LogP contribution in [0.4, 0.5) is 8.78 Å². The highest BCUT2D eigenvalue weighted by molar-refractivity contribution is 5.78. The molecule has 23 heavy (non-hydrogen) atoms. The molecule has 128 valence electrons. The quantitative estimate of drug-likeness (QED) is 0.855. The Balaban J connectivity index is 1.91. The van der Waals surface area contributed by atoms with Crippen molar-refractivity contribution in [1.82, 2.24) is 5.32 Å². The van der Waals surface area contributed by atoms with E-state index in [1.54, 1.807) is 14.2 Å². The average molecular weight is 329 g/mol. The maximum absolute atomic E-state index is 13.5. The number of benzene rings is 1. The smallest absolute Gasteiger partial charge is 0.224 e. The average Bonchev–Trinajstić information content (AvgIpc) is 2.55. The zero-order valence-corrected chi connectivity index (χ0v) is 13.2. The predicted octanol–water partition coefficient (Wildman–Crippen LogP) is 1.30. The van der Waals surface area contributed by atoms with Crippen molar-refractivity contribution in [3.05, 3.63) is 35.4 Å². The fourth-order valence-electron chi connectivity index (χ4n) is 2.72. The lowest BCUT2D eigenvalue weighted by molar-refractivity contribution is -0.147. The standard InChI is InChI=1S/C16H21F2NO4/c1-21-14-9-23-8-10(16(14)22-2)7-19-15(20)6-11-12(17)4-3-5-13(11)18/h3-5,10,14,16H,6-9H2,1-2H3,(H,19,20)/t10-,14-,16+/m1/s1. The molecule has 1 aliphatic heterocycles. The third-order valence-corrected chi connectivity index (χ3v) is 3.98. The summed E-state index contributed by atoms with van der Waals surface area (Å²) >= 11 is 0. The van der Waals surface area contributed by atoms with Crippen molar-refractivity contribution >= 4 is 5.91 Å². The van der Waals surface area contributed by atoms with Crippen LogP contribution in [0.1, 0.15) is 5.56 Å². The lowest BCUT2D eigenvalue weighted by Gasteiger charge is -2.36. The molecule has 2 rings (SSSR count). The van der Waals surface area contributed by atoms with Crippen LogP contribution in [0.5, 0.6) is 0 Å².